The topological polar surface area (TPSA) is 71.0 Å². The minimum absolute atomic E-state index is 0.166. The number of hydrogen-bond acceptors (Lipinski definition) is 3. The third-order valence-electron chi connectivity index (χ3n) is 2.88. The number of aromatic nitrogens is 1. The van der Waals surface area contributed by atoms with E-state index in [1.165, 1.54) is 0 Å². The molecule has 18 heavy (non-hydrogen) atoms. The van der Waals surface area contributed by atoms with Crippen molar-refractivity contribution in [2.45, 2.75) is 20.4 Å². The van der Waals surface area contributed by atoms with E-state index in [0.717, 1.165) is 16.8 Å². The summed E-state index contributed by atoms with van der Waals surface area (Å²) in [5.74, 6) is 0. The molecule has 0 saturated heterocycles. The van der Waals surface area contributed by atoms with E-state index in [-0.39, 0.29) is 10.6 Å². The van der Waals surface area contributed by atoms with Gasteiger partial charge in [0.25, 0.3) is 5.69 Å². The van der Waals surface area contributed by atoms with Gasteiger partial charge in [0.15, 0.2) is 0 Å². The van der Waals surface area contributed by atoms with Crippen molar-refractivity contribution in [3.8, 4) is 0 Å². The van der Waals surface area contributed by atoms with Gasteiger partial charge in [-0.3, -0.25) is 10.1 Å². The fraction of sp³-hybridized carbons (Fsp3) is 0.231. The molecule has 0 fully saturated rings. The standard InChI is InChI=1S/C13H15N3O2/c1-9-6-13(16(17)18)10(2)5-12(9)15-8-11-3-4-14-7-11/h3-7,14-15H,8H2,1-2H3. The Labute approximate surface area is 105 Å². The zero-order valence-corrected chi connectivity index (χ0v) is 10.4. The number of nitro groups is 1. The third-order valence-corrected chi connectivity index (χ3v) is 2.88. The summed E-state index contributed by atoms with van der Waals surface area (Å²) >= 11 is 0. The van der Waals surface area contributed by atoms with Gasteiger partial charge in [0.1, 0.15) is 0 Å². The molecule has 1 aromatic heterocycles. The second-order valence-corrected chi connectivity index (χ2v) is 4.28. The van der Waals surface area contributed by atoms with E-state index in [0.29, 0.717) is 12.1 Å². The average Bonchev–Trinajstić information content (AvgIpc) is 2.82. The molecule has 0 aliphatic carbocycles. The molecule has 0 atom stereocenters. The molecule has 2 aromatic rings. The molecule has 0 amide bonds. The van der Waals surface area contributed by atoms with Crippen LogP contribution in [0.1, 0.15) is 16.7 Å². The fourth-order valence-electron chi connectivity index (χ4n) is 1.85. The molecular formula is C13H15N3O2. The summed E-state index contributed by atoms with van der Waals surface area (Å²) in [6.45, 7) is 4.31. The van der Waals surface area contributed by atoms with Crippen LogP contribution in [0.25, 0.3) is 0 Å². The van der Waals surface area contributed by atoms with E-state index in [4.69, 9.17) is 0 Å². The van der Waals surface area contributed by atoms with Crippen LogP contribution in [0.15, 0.2) is 30.6 Å². The van der Waals surface area contributed by atoms with Crippen molar-refractivity contribution < 1.29 is 4.92 Å². The smallest absolute Gasteiger partial charge is 0.272 e. The van der Waals surface area contributed by atoms with Crippen LogP contribution in [-0.2, 0) is 6.54 Å². The summed E-state index contributed by atoms with van der Waals surface area (Å²) in [5, 5.41) is 14.1. The first-order valence-corrected chi connectivity index (χ1v) is 5.69. The third kappa shape index (κ3) is 2.51. The molecule has 1 aromatic carbocycles. The lowest BCUT2D eigenvalue weighted by Gasteiger charge is -2.10. The lowest BCUT2D eigenvalue weighted by Crippen LogP contribution is -2.02. The van der Waals surface area contributed by atoms with Gasteiger partial charge in [-0.25, -0.2) is 0 Å². The maximum absolute atomic E-state index is 10.8. The van der Waals surface area contributed by atoms with Crippen molar-refractivity contribution in [1.29, 1.82) is 0 Å². The Hall–Kier alpha value is -2.30. The van der Waals surface area contributed by atoms with Crippen LogP contribution in [0.4, 0.5) is 11.4 Å². The van der Waals surface area contributed by atoms with Crippen molar-refractivity contribution in [3.63, 3.8) is 0 Å². The first-order valence-electron chi connectivity index (χ1n) is 5.69. The number of rotatable bonds is 4. The van der Waals surface area contributed by atoms with E-state index in [1.54, 1.807) is 13.0 Å². The van der Waals surface area contributed by atoms with Crippen molar-refractivity contribution in [1.82, 2.24) is 4.98 Å². The lowest BCUT2D eigenvalue weighted by molar-refractivity contribution is -0.385. The average molecular weight is 245 g/mol. The Morgan fingerprint density at radius 3 is 2.72 bits per heavy atom. The van der Waals surface area contributed by atoms with Gasteiger partial charge in [-0.15, -0.1) is 0 Å². The second kappa shape index (κ2) is 4.91. The predicted molar refractivity (Wildman–Crippen MR) is 70.7 cm³/mol. The number of benzene rings is 1. The number of nitrogens with one attached hydrogen (secondary N) is 2. The van der Waals surface area contributed by atoms with E-state index >= 15 is 0 Å². The molecule has 1 heterocycles. The van der Waals surface area contributed by atoms with Gasteiger partial charge >= 0.3 is 0 Å². The van der Waals surface area contributed by atoms with Gasteiger partial charge in [-0.1, -0.05) is 0 Å². The summed E-state index contributed by atoms with van der Waals surface area (Å²) < 4.78 is 0. The number of nitrogens with zero attached hydrogens (tertiary/aromatic N) is 1. The molecule has 0 saturated carbocycles. The number of aromatic amines is 1. The van der Waals surface area contributed by atoms with Crippen LogP contribution in [0.5, 0.6) is 0 Å². The molecule has 0 spiro atoms. The highest BCUT2D eigenvalue weighted by molar-refractivity contribution is 5.59. The summed E-state index contributed by atoms with van der Waals surface area (Å²) in [6, 6.07) is 5.41. The molecule has 0 radical (unpaired) electrons. The first kappa shape index (κ1) is 12.2. The number of aryl methyl sites for hydroxylation is 2. The van der Waals surface area contributed by atoms with Crippen LogP contribution in [0.2, 0.25) is 0 Å². The zero-order valence-electron chi connectivity index (χ0n) is 10.4. The van der Waals surface area contributed by atoms with Gasteiger partial charge in [-0.05, 0) is 37.1 Å². The van der Waals surface area contributed by atoms with Gasteiger partial charge in [0.05, 0.1) is 4.92 Å². The molecule has 5 nitrogen and oxygen atoms in total. The van der Waals surface area contributed by atoms with Gasteiger partial charge < -0.3 is 10.3 Å². The molecule has 0 aliphatic heterocycles. The molecule has 2 rings (SSSR count). The summed E-state index contributed by atoms with van der Waals surface area (Å²) in [5.41, 5.74) is 3.79. The molecular weight excluding hydrogens is 230 g/mol. The Bertz CT molecular complexity index is 562. The van der Waals surface area contributed by atoms with E-state index in [9.17, 15) is 10.1 Å². The molecule has 0 bridgehead atoms. The van der Waals surface area contributed by atoms with Crippen molar-refractivity contribution in [2.75, 3.05) is 5.32 Å². The molecule has 0 aliphatic rings. The monoisotopic (exact) mass is 245 g/mol. The Balaban J connectivity index is 2.19. The normalized spacial score (nSPS) is 10.3. The van der Waals surface area contributed by atoms with E-state index in [2.05, 4.69) is 10.3 Å². The van der Waals surface area contributed by atoms with Crippen molar-refractivity contribution >= 4 is 11.4 Å². The largest absolute Gasteiger partial charge is 0.381 e. The van der Waals surface area contributed by atoms with Crippen LogP contribution < -0.4 is 5.32 Å². The zero-order chi connectivity index (χ0) is 13.1. The van der Waals surface area contributed by atoms with Gasteiger partial charge in [0.2, 0.25) is 0 Å². The van der Waals surface area contributed by atoms with Gasteiger partial charge in [-0.2, -0.15) is 0 Å². The highest BCUT2D eigenvalue weighted by Crippen LogP contribution is 2.26. The first-order chi connectivity index (χ1) is 8.58. The SMILES string of the molecule is Cc1cc([N+](=O)[O-])c(C)cc1NCc1cc[nH]c1. The molecule has 2 N–H and O–H groups in total. The fourth-order valence-corrected chi connectivity index (χ4v) is 1.85. The minimum Gasteiger partial charge on any atom is -0.381 e. The maximum Gasteiger partial charge on any atom is 0.272 e. The molecule has 94 valence electrons. The highest BCUT2D eigenvalue weighted by atomic mass is 16.6. The Kier molecular flexibility index (Phi) is 3.32. The van der Waals surface area contributed by atoms with Crippen LogP contribution in [0.3, 0.4) is 0 Å². The van der Waals surface area contributed by atoms with Crippen molar-refractivity contribution in [3.05, 3.63) is 57.4 Å². The second-order valence-electron chi connectivity index (χ2n) is 4.28. The summed E-state index contributed by atoms with van der Waals surface area (Å²) in [7, 11) is 0. The molecule has 5 heteroatoms. The predicted octanol–water partition coefficient (Wildman–Crippen LogP) is 3.15. The van der Waals surface area contributed by atoms with Crippen LogP contribution in [-0.4, -0.2) is 9.91 Å². The van der Waals surface area contributed by atoms with Gasteiger partial charge in [0, 0.05) is 36.3 Å². The number of anilines is 1. The Morgan fingerprint density at radius 2 is 2.11 bits per heavy atom. The van der Waals surface area contributed by atoms with Crippen LogP contribution in [0, 0.1) is 24.0 Å². The Morgan fingerprint density at radius 1 is 1.33 bits per heavy atom. The number of nitro benzene ring substituents is 1. The van der Waals surface area contributed by atoms with Crippen LogP contribution >= 0.6 is 0 Å². The maximum atomic E-state index is 10.8. The minimum atomic E-state index is -0.349. The number of H-pyrrole nitrogens is 1. The quantitative estimate of drug-likeness (QED) is 0.642. The number of hydrogen-bond donors (Lipinski definition) is 2. The summed E-state index contributed by atoms with van der Waals surface area (Å²) in [6.07, 6.45) is 3.78. The van der Waals surface area contributed by atoms with Crippen molar-refractivity contribution in [2.24, 2.45) is 0 Å². The highest BCUT2D eigenvalue weighted by Gasteiger charge is 2.12. The summed E-state index contributed by atoms with van der Waals surface area (Å²) in [4.78, 5) is 13.4. The lowest BCUT2D eigenvalue weighted by atomic mass is 10.1. The van der Waals surface area contributed by atoms with E-state index < -0.39 is 0 Å². The molecule has 0 unspecified atom stereocenters. The van der Waals surface area contributed by atoms with E-state index in [1.807, 2.05) is 31.5 Å².